The van der Waals surface area contributed by atoms with Crippen LogP contribution in [-0.2, 0) is 6.54 Å². The van der Waals surface area contributed by atoms with Gasteiger partial charge in [-0.2, -0.15) is 0 Å². The molecule has 1 atom stereocenters. The van der Waals surface area contributed by atoms with E-state index in [1.54, 1.807) is 0 Å². The monoisotopic (exact) mass is 198 g/mol. The number of likely N-dealkylation sites (tertiary alicyclic amines) is 1. The van der Waals surface area contributed by atoms with Crippen molar-refractivity contribution in [1.29, 1.82) is 0 Å². The van der Waals surface area contributed by atoms with Crippen molar-refractivity contribution < 1.29 is 0 Å². The smallest absolute Gasteiger partial charge is 0.0893 e. The van der Waals surface area contributed by atoms with Gasteiger partial charge in [0.15, 0.2) is 0 Å². The number of likely N-dealkylation sites (N-methyl/N-ethyl adjacent to an activating group) is 1. The third kappa shape index (κ3) is 2.46. The van der Waals surface area contributed by atoms with Gasteiger partial charge >= 0.3 is 0 Å². The van der Waals surface area contributed by atoms with Gasteiger partial charge in [-0.25, -0.2) is 0 Å². The molecule has 72 valence electrons. The van der Waals surface area contributed by atoms with Crippen LogP contribution in [0, 0.1) is 0 Å². The lowest BCUT2D eigenvalue weighted by Crippen LogP contribution is -2.31. The van der Waals surface area contributed by atoms with Gasteiger partial charge in [-0.05, 0) is 31.5 Å². The van der Waals surface area contributed by atoms with Crippen LogP contribution >= 0.6 is 11.5 Å². The lowest BCUT2D eigenvalue weighted by molar-refractivity contribution is 0.397. The van der Waals surface area contributed by atoms with Crippen molar-refractivity contribution in [3.8, 4) is 0 Å². The number of rotatable bonds is 3. The molecule has 5 heteroatoms. The highest BCUT2D eigenvalue weighted by Crippen LogP contribution is 2.07. The summed E-state index contributed by atoms with van der Waals surface area (Å²) in [5.41, 5.74) is 1.06. The molecule has 1 aliphatic rings. The summed E-state index contributed by atoms with van der Waals surface area (Å²) >= 11 is 1.41. The van der Waals surface area contributed by atoms with E-state index in [1.807, 2.05) is 5.38 Å². The summed E-state index contributed by atoms with van der Waals surface area (Å²) in [7, 11) is 2.16. The van der Waals surface area contributed by atoms with Crippen LogP contribution in [0.15, 0.2) is 5.38 Å². The Bertz CT molecular complexity index is 249. The number of aromatic nitrogens is 2. The van der Waals surface area contributed by atoms with E-state index in [1.165, 1.54) is 24.5 Å². The molecule has 1 aromatic heterocycles. The highest BCUT2D eigenvalue weighted by atomic mass is 32.1. The summed E-state index contributed by atoms with van der Waals surface area (Å²) in [6, 6.07) is 0.631. The van der Waals surface area contributed by atoms with Crippen LogP contribution in [0.2, 0.25) is 0 Å². The molecular formula is C8H14N4S. The first-order valence-electron chi connectivity index (χ1n) is 4.52. The minimum Gasteiger partial charge on any atom is -0.307 e. The second kappa shape index (κ2) is 4.13. The van der Waals surface area contributed by atoms with Crippen molar-refractivity contribution in [3.63, 3.8) is 0 Å². The molecule has 0 spiro atoms. The number of nitrogens with one attached hydrogen (secondary N) is 1. The molecule has 2 heterocycles. The van der Waals surface area contributed by atoms with E-state index < -0.39 is 0 Å². The molecule has 0 radical (unpaired) electrons. The van der Waals surface area contributed by atoms with E-state index in [2.05, 4.69) is 26.9 Å². The Morgan fingerprint density at radius 3 is 3.31 bits per heavy atom. The fourth-order valence-corrected chi connectivity index (χ4v) is 2.06. The summed E-state index contributed by atoms with van der Waals surface area (Å²) in [5, 5.41) is 9.46. The largest absolute Gasteiger partial charge is 0.307 e. The Morgan fingerprint density at radius 2 is 2.69 bits per heavy atom. The van der Waals surface area contributed by atoms with Gasteiger partial charge in [0.05, 0.1) is 5.69 Å². The average molecular weight is 198 g/mol. The minimum absolute atomic E-state index is 0.631. The molecule has 0 aromatic carbocycles. The van der Waals surface area contributed by atoms with Crippen molar-refractivity contribution in [2.75, 3.05) is 20.1 Å². The number of hydrogen-bond acceptors (Lipinski definition) is 5. The Kier molecular flexibility index (Phi) is 2.87. The van der Waals surface area contributed by atoms with Crippen molar-refractivity contribution in [2.24, 2.45) is 0 Å². The maximum atomic E-state index is 3.99. The molecule has 1 N–H and O–H groups in total. The molecule has 0 bridgehead atoms. The summed E-state index contributed by atoms with van der Waals surface area (Å²) in [4.78, 5) is 2.34. The average Bonchev–Trinajstić information content (AvgIpc) is 2.71. The number of nitrogens with zero attached hydrogens (tertiary/aromatic N) is 3. The quantitative estimate of drug-likeness (QED) is 0.760. The zero-order valence-corrected chi connectivity index (χ0v) is 8.55. The van der Waals surface area contributed by atoms with E-state index in [9.17, 15) is 0 Å². The highest BCUT2D eigenvalue weighted by molar-refractivity contribution is 7.03. The van der Waals surface area contributed by atoms with Gasteiger partial charge < -0.3 is 10.2 Å². The van der Waals surface area contributed by atoms with Crippen molar-refractivity contribution >= 4 is 11.5 Å². The molecule has 1 fully saturated rings. The van der Waals surface area contributed by atoms with Crippen LogP contribution in [0.25, 0.3) is 0 Å². The van der Waals surface area contributed by atoms with E-state index in [4.69, 9.17) is 0 Å². The maximum absolute atomic E-state index is 3.99. The van der Waals surface area contributed by atoms with E-state index >= 15 is 0 Å². The number of hydrogen-bond donors (Lipinski definition) is 1. The fourth-order valence-electron chi connectivity index (χ4n) is 1.61. The third-order valence-electron chi connectivity index (χ3n) is 2.37. The van der Waals surface area contributed by atoms with Gasteiger partial charge in [0, 0.05) is 24.5 Å². The van der Waals surface area contributed by atoms with E-state index in [0.29, 0.717) is 6.04 Å². The first-order valence-corrected chi connectivity index (χ1v) is 5.36. The maximum Gasteiger partial charge on any atom is 0.0893 e. The molecule has 0 aliphatic carbocycles. The zero-order chi connectivity index (χ0) is 9.10. The van der Waals surface area contributed by atoms with Crippen LogP contribution < -0.4 is 5.32 Å². The molecule has 2 rings (SSSR count). The third-order valence-corrected chi connectivity index (χ3v) is 2.92. The summed E-state index contributed by atoms with van der Waals surface area (Å²) in [5.74, 6) is 0. The molecular weight excluding hydrogens is 184 g/mol. The van der Waals surface area contributed by atoms with Crippen LogP contribution in [0.3, 0.4) is 0 Å². The molecule has 0 unspecified atom stereocenters. The van der Waals surface area contributed by atoms with Crippen LogP contribution in [0.4, 0.5) is 0 Å². The minimum atomic E-state index is 0.631. The molecule has 1 aromatic rings. The van der Waals surface area contributed by atoms with Gasteiger partial charge in [-0.15, -0.1) is 5.10 Å². The van der Waals surface area contributed by atoms with Gasteiger partial charge in [0.1, 0.15) is 0 Å². The zero-order valence-electron chi connectivity index (χ0n) is 7.73. The summed E-state index contributed by atoms with van der Waals surface area (Å²) < 4.78 is 3.82. The molecule has 1 aliphatic heterocycles. The molecule has 4 nitrogen and oxygen atoms in total. The Labute approximate surface area is 82.1 Å². The second-order valence-electron chi connectivity index (χ2n) is 3.52. The molecule has 0 saturated carbocycles. The van der Waals surface area contributed by atoms with Gasteiger partial charge in [-0.3, -0.25) is 0 Å². The SMILES string of the molecule is CN1CC[C@H](NCc2csnn2)C1. The highest BCUT2D eigenvalue weighted by Gasteiger charge is 2.18. The normalized spacial score (nSPS) is 23.9. The van der Waals surface area contributed by atoms with Crippen LogP contribution in [0.1, 0.15) is 12.1 Å². The van der Waals surface area contributed by atoms with Crippen LogP contribution in [0.5, 0.6) is 0 Å². The predicted octanol–water partition coefficient (Wildman–Crippen LogP) is 0.332. The lowest BCUT2D eigenvalue weighted by Gasteiger charge is -2.10. The second-order valence-corrected chi connectivity index (χ2v) is 4.13. The van der Waals surface area contributed by atoms with E-state index in [0.717, 1.165) is 18.8 Å². The van der Waals surface area contributed by atoms with Gasteiger partial charge in [0.25, 0.3) is 0 Å². The Balaban J connectivity index is 1.74. The van der Waals surface area contributed by atoms with Crippen LogP contribution in [-0.4, -0.2) is 40.7 Å². The van der Waals surface area contributed by atoms with Crippen molar-refractivity contribution in [3.05, 3.63) is 11.1 Å². The topological polar surface area (TPSA) is 41.0 Å². The Morgan fingerprint density at radius 1 is 1.77 bits per heavy atom. The summed E-state index contributed by atoms with van der Waals surface area (Å²) in [6.45, 7) is 3.21. The Hall–Kier alpha value is -0.520. The van der Waals surface area contributed by atoms with Crippen molar-refractivity contribution in [1.82, 2.24) is 19.8 Å². The standard InChI is InChI=1S/C8H14N4S/c1-12-3-2-7(5-12)9-4-8-6-13-11-10-8/h6-7,9H,2-5H2,1H3/t7-/m0/s1. The van der Waals surface area contributed by atoms with E-state index in [-0.39, 0.29) is 0 Å². The molecule has 13 heavy (non-hydrogen) atoms. The predicted molar refractivity (Wildman–Crippen MR) is 52.7 cm³/mol. The van der Waals surface area contributed by atoms with Crippen molar-refractivity contribution in [2.45, 2.75) is 19.0 Å². The summed E-state index contributed by atoms with van der Waals surface area (Å²) in [6.07, 6.45) is 1.24. The van der Waals surface area contributed by atoms with Gasteiger partial charge in [-0.1, -0.05) is 4.49 Å². The molecule has 0 amide bonds. The van der Waals surface area contributed by atoms with Gasteiger partial charge in [0.2, 0.25) is 0 Å². The molecule has 1 saturated heterocycles. The lowest BCUT2D eigenvalue weighted by atomic mass is 10.2. The first-order chi connectivity index (χ1) is 6.34. The fraction of sp³-hybridized carbons (Fsp3) is 0.750. The first kappa shape index (κ1) is 9.05.